The van der Waals surface area contributed by atoms with Crippen molar-refractivity contribution < 1.29 is 4.79 Å². The smallest absolute Gasteiger partial charge is 0.147 e. The maximum absolute atomic E-state index is 11.4. The van der Waals surface area contributed by atoms with E-state index in [9.17, 15) is 4.79 Å². The van der Waals surface area contributed by atoms with Crippen molar-refractivity contribution in [2.24, 2.45) is 0 Å². The van der Waals surface area contributed by atoms with Gasteiger partial charge in [0.2, 0.25) is 0 Å². The first-order valence-electron chi connectivity index (χ1n) is 8.04. The molecule has 0 bridgehead atoms. The minimum absolute atomic E-state index is 0.542. The van der Waals surface area contributed by atoms with Crippen molar-refractivity contribution in [3.05, 3.63) is 66.4 Å². The van der Waals surface area contributed by atoms with E-state index < -0.39 is 0 Å². The third kappa shape index (κ3) is 2.58. The van der Waals surface area contributed by atoms with Crippen molar-refractivity contribution in [1.29, 1.82) is 0 Å². The van der Waals surface area contributed by atoms with Crippen molar-refractivity contribution in [2.45, 2.75) is 0 Å². The standard InChI is InChI=1S/C20H17N3O/c24-14-16-13-21-10-11-23(16)20-12-19(15-6-2-1-3-7-15)22-18-9-5-4-8-17(18)20/h1-9,12,21H,10-11,13H2. The lowest BCUT2D eigenvalue weighted by Gasteiger charge is -2.31. The lowest BCUT2D eigenvalue weighted by Crippen LogP contribution is -2.42. The van der Waals surface area contributed by atoms with E-state index in [1.54, 1.807) is 0 Å². The van der Waals surface area contributed by atoms with E-state index in [2.05, 4.69) is 40.4 Å². The average molecular weight is 315 g/mol. The fourth-order valence-electron chi connectivity index (χ4n) is 3.12. The van der Waals surface area contributed by atoms with Gasteiger partial charge in [0.15, 0.2) is 0 Å². The van der Waals surface area contributed by atoms with Crippen LogP contribution in [0.3, 0.4) is 0 Å². The van der Waals surface area contributed by atoms with Gasteiger partial charge in [0.25, 0.3) is 0 Å². The number of anilines is 1. The number of benzene rings is 2. The number of piperazine rings is 1. The number of nitrogens with zero attached hydrogens (tertiary/aromatic N) is 2. The number of pyridine rings is 1. The first-order valence-corrected chi connectivity index (χ1v) is 8.04. The second kappa shape index (κ2) is 6.28. The Labute approximate surface area is 140 Å². The largest absolute Gasteiger partial charge is 0.333 e. The summed E-state index contributed by atoms with van der Waals surface area (Å²) >= 11 is 0. The zero-order valence-corrected chi connectivity index (χ0v) is 13.2. The fourth-order valence-corrected chi connectivity index (χ4v) is 3.12. The molecule has 1 aliphatic rings. The number of nitrogens with one attached hydrogen (secondary N) is 1. The third-order valence-electron chi connectivity index (χ3n) is 4.30. The van der Waals surface area contributed by atoms with Crippen LogP contribution in [0.1, 0.15) is 0 Å². The van der Waals surface area contributed by atoms with Crippen LogP contribution in [-0.4, -0.2) is 30.6 Å². The summed E-state index contributed by atoms with van der Waals surface area (Å²) in [6, 6.07) is 20.2. The van der Waals surface area contributed by atoms with Crippen LogP contribution in [0, 0.1) is 0 Å². The lowest BCUT2D eigenvalue weighted by molar-refractivity contribution is 0.559. The summed E-state index contributed by atoms with van der Waals surface area (Å²) in [6.07, 6.45) is 0. The molecule has 0 saturated carbocycles. The topological polar surface area (TPSA) is 45.2 Å². The Bertz CT molecular complexity index is 930. The molecule has 118 valence electrons. The van der Waals surface area contributed by atoms with Gasteiger partial charge in [0, 0.05) is 30.6 Å². The highest BCUT2D eigenvalue weighted by Gasteiger charge is 2.20. The van der Waals surface area contributed by atoms with E-state index >= 15 is 0 Å². The second-order valence-electron chi connectivity index (χ2n) is 5.79. The molecular formula is C20H17N3O. The zero-order chi connectivity index (χ0) is 16.4. The maximum Gasteiger partial charge on any atom is 0.147 e. The van der Waals surface area contributed by atoms with Gasteiger partial charge in [0.05, 0.1) is 16.9 Å². The van der Waals surface area contributed by atoms with Gasteiger partial charge in [-0.15, -0.1) is 0 Å². The monoisotopic (exact) mass is 315 g/mol. The molecule has 3 aromatic rings. The van der Waals surface area contributed by atoms with Crippen molar-refractivity contribution in [3.63, 3.8) is 0 Å². The molecule has 4 heteroatoms. The van der Waals surface area contributed by atoms with Crippen LogP contribution in [0.2, 0.25) is 0 Å². The summed E-state index contributed by atoms with van der Waals surface area (Å²) in [5.74, 6) is 2.09. The second-order valence-corrected chi connectivity index (χ2v) is 5.79. The number of fused-ring (bicyclic) bond motifs is 1. The first kappa shape index (κ1) is 14.6. The van der Waals surface area contributed by atoms with E-state index in [-0.39, 0.29) is 0 Å². The molecule has 4 nitrogen and oxygen atoms in total. The van der Waals surface area contributed by atoms with Crippen LogP contribution in [0.5, 0.6) is 0 Å². The quantitative estimate of drug-likeness (QED) is 0.738. The molecule has 0 radical (unpaired) electrons. The molecule has 2 aromatic carbocycles. The van der Waals surface area contributed by atoms with Crippen LogP contribution >= 0.6 is 0 Å². The molecule has 0 atom stereocenters. The molecule has 0 aliphatic carbocycles. The molecule has 0 unspecified atom stereocenters. The minimum atomic E-state index is 0.542. The number of hydrogen-bond acceptors (Lipinski definition) is 4. The number of rotatable bonds is 2. The van der Waals surface area contributed by atoms with E-state index in [4.69, 9.17) is 4.98 Å². The Hall–Kier alpha value is -2.94. The van der Waals surface area contributed by atoms with Gasteiger partial charge in [-0.05, 0) is 12.1 Å². The zero-order valence-electron chi connectivity index (χ0n) is 13.2. The number of para-hydroxylation sites is 1. The molecular weight excluding hydrogens is 298 g/mol. The third-order valence-corrected chi connectivity index (χ3v) is 4.30. The SMILES string of the molecule is O=C=C1CNCCN1c1cc(-c2ccccc2)nc2ccccc12. The molecule has 0 amide bonds. The van der Waals surface area contributed by atoms with E-state index in [1.165, 1.54) is 0 Å². The molecule has 1 fully saturated rings. The van der Waals surface area contributed by atoms with Crippen LogP contribution < -0.4 is 10.2 Å². The summed E-state index contributed by atoms with van der Waals surface area (Å²) in [6.45, 7) is 2.12. The Morgan fingerprint density at radius 1 is 1.04 bits per heavy atom. The van der Waals surface area contributed by atoms with Crippen LogP contribution in [0.25, 0.3) is 22.2 Å². The van der Waals surface area contributed by atoms with E-state index in [0.717, 1.165) is 40.9 Å². The Morgan fingerprint density at radius 3 is 2.67 bits per heavy atom. The van der Waals surface area contributed by atoms with Crippen molar-refractivity contribution >= 4 is 22.5 Å². The van der Waals surface area contributed by atoms with Gasteiger partial charge < -0.3 is 10.2 Å². The highest BCUT2D eigenvalue weighted by Crippen LogP contribution is 2.32. The fraction of sp³-hybridized carbons (Fsp3) is 0.150. The number of hydrogen-bond donors (Lipinski definition) is 1. The molecule has 2 heterocycles. The van der Waals surface area contributed by atoms with Crippen molar-refractivity contribution in [2.75, 3.05) is 24.5 Å². The van der Waals surface area contributed by atoms with Gasteiger partial charge in [-0.2, -0.15) is 0 Å². The normalized spacial score (nSPS) is 14.7. The van der Waals surface area contributed by atoms with E-state index in [0.29, 0.717) is 12.2 Å². The van der Waals surface area contributed by atoms with Gasteiger partial charge >= 0.3 is 0 Å². The summed E-state index contributed by atoms with van der Waals surface area (Å²) in [5, 5.41) is 4.27. The molecule has 0 spiro atoms. The van der Waals surface area contributed by atoms with Gasteiger partial charge in [0.1, 0.15) is 11.6 Å². The maximum atomic E-state index is 11.4. The summed E-state index contributed by atoms with van der Waals surface area (Å²) in [5.41, 5.74) is 4.55. The van der Waals surface area contributed by atoms with Crippen LogP contribution in [-0.2, 0) is 4.79 Å². The van der Waals surface area contributed by atoms with Gasteiger partial charge in [-0.25, -0.2) is 9.78 Å². The molecule has 1 N–H and O–H groups in total. The molecule has 1 aromatic heterocycles. The Kier molecular flexibility index (Phi) is 3.83. The van der Waals surface area contributed by atoms with Crippen molar-refractivity contribution in [3.8, 4) is 11.3 Å². The molecule has 24 heavy (non-hydrogen) atoms. The predicted molar refractivity (Wildman–Crippen MR) is 96.6 cm³/mol. The number of aromatic nitrogens is 1. The predicted octanol–water partition coefficient (Wildman–Crippen LogP) is 3.03. The summed E-state index contributed by atoms with van der Waals surface area (Å²) in [4.78, 5) is 18.2. The Morgan fingerprint density at radius 2 is 1.83 bits per heavy atom. The van der Waals surface area contributed by atoms with Crippen LogP contribution in [0.15, 0.2) is 66.4 Å². The minimum Gasteiger partial charge on any atom is -0.333 e. The molecule has 1 saturated heterocycles. The van der Waals surface area contributed by atoms with Gasteiger partial charge in [-0.1, -0.05) is 48.5 Å². The summed E-state index contributed by atoms with van der Waals surface area (Å²) < 4.78 is 0. The van der Waals surface area contributed by atoms with Crippen LogP contribution in [0.4, 0.5) is 5.69 Å². The lowest BCUT2D eigenvalue weighted by atomic mass is 10.1. The van der Waals surface area contributed by atoms with E-state index in [1.807, 2.05) is 36.4 Å². The first-order chi connectivity index (χ1) is 11.9. The molecule has 1 aliphatic heterocycles. The average Bonchev–Trinajstić information content (AvgIpc) is 2.68. The highest BCUT2D eigenvalue weighted by molar-refractivity contribution is 5.95. The van der Waals surface area contributed by atoms with Crippen molar-refractivity contribution in [1.82, 2.24) is 10.3 Å². The van der Waals surface area contributed by atoms with Gasteiger partial charge in [-0.3, -0.25) is 0 Å². The molecule has 4 rings (SSSR count). The highest BCUT2D eigenvalue weighted by atomic mass is 16.1. The number of carbonyl (C=O) groups excluding carboxylic acids is 1. The summed E-state index contributed by atoms with van der Waals surface area (Å²) in [7, 11) is 0. The Balaban J connectivity index is 1.94.